The molecule has 0 aliphatic carbocycles. The van der Waals surface area contributed by atoms with E-state index in [0.717, 1.165) is 11.1 Å². The average Bonchev–Trinajstić information content (AvgIpc) is 2.99. The molecule has 0 saturated carbocycles. The first kappa shape index (κ1) is 19.4. The van der Waals surface area contributed by atoms with Gasteiger partial charge in [-0.3, -0.25) is 4.99 Å². The van der Waals surface area contributed by atoms with Gasteiger partial charge in [0, 0.05) is 16.5 Å². The summed E-state index contributed by atoms with van der Waals surface area (Å²) >= 11 is 1.45. The van der Waals surface area contributed by atoms with Gasteiger partial charge in [0.05, 0.1) is 5.01 Å². The van der Waals surface area contributed by atoms with Crippen LogP contribution in [0.25, 0.3) is 0 Å². The Labute approximate surface area is 159 Å². The molecule has 1 aromatic carbocycles. The van der Waals surface area contributed by atoms with E-state index in [9.17, 15) is 4.39 Å². The number of aromatic nitrogens is 1. The maximum absolute atomic E-state index is 15.0. The number of nitrogens with two attached hydrogens (primary N) is 1. The van der Waals surface area contributed by atoms with Gasteiger partial charge in [0.2, 0.25) is 0 Å². The van der Waals surface area contributed by atoms with E-state index in [-0.39, 0.29) is 18.0 Å². The summed E-state index contributed by atoms with van der Waals surface area (Å²) < 4.78 is 49.7. The summed E-state index contributed by atoms with van der Waals surface area (Å²) in [4.78, 5) is 8.05. The third kappa shape index (κ3) is 3.84. The predicted octanol–water partition coefficient (Wildman–Crippen LogP) is 3.83. The van der Waals surface area contributed by atoms with Crippen LogP contribution in [0.4, 0.5) is 13.2 Å². The number of alkyl halides is 2. The number of rotatable bonds is 1. The van der Waals surface area contributed by atoms with Crippen molar-refractivity contribution in [3.63, 3.8) is 0 Å². The van der Waals surface area contributed by atoms with Crippen LogP contribution in [0.3, 0.4) is 0 Å². The number of nitrogens with zero attached hydrogens (tertiary/aromatic N) is 2. The van der Waals surface area contributed by atoms with Crippen LogP contribution in [0.2, 0.25) is 0 Å². The Kier molecular flexibility index (Phi) is 5.02. The van der Waals surface area contributed by atoms with Crippen LogP contribution in [0.15, 0.2) is 28.6 Å². The summed E-state index contributed by atoms with van der Waals surface area (Å²) in [5, 5.41) is 2.65. The first-order valence-electron chi connectivity index (χ1n) is 8.17. The summed E-state index contributed by atoms with van der Waals surface area (Å²) in [5.74, 6) is 1.28. The Morgan fingerprint density at radius 2 is 2.04 bits per heavy atom. The van der Waals surface area contributed by atoms with Gasteiger partial charge in [-0.05, 0) is 44.9 Å². The van der Waals surface area contributed by atoms with E-state index in [1.165, 1.54) is 37.3 Å². The number of hydrogen-bond acceptors (Lipinski definition) is 5. The van der Waals surface area contributed by atoms with E-state index < -0.39 is 23.4 Å². The maximum atomic E-state index is 15.0. The van der Waals surface area contributed by atoms with Crippen molar-refractivity contribution in [2.45, 2.75) is 38.3 Å². The molecular weight excluding hydrogens is 375 g/mol. The molecule has 0 spiro atoms. The van der Waals surface area contributed by atoms with Gasteiger partial charge >= 0.3 is 5.92 Å². The topological polar surface area (TPSA) is 60.5 Å². The maximum Gasteiger partial charge on any atom is 0.301 e. The van der Waals surface area contributed by atoms with E-state index >= 15 is 8.78 Å². The highest BCUT2D eigenvalue weighted by atomic mass is 32.1. The molecule has 1 aliphatic rings. The highest BCUT2D eigenvalue weighted by Crippen LogP contribution is 2.46. The minimum Gasteiger partial charge on any atom is -0.386 e. The summed E-state index contributed by atoms with van der Waals surface area (Å²) in [6, 6.07) is 2.00. The van der Waals surface area contributed by atoms with Gasteiger partial charge in [0.1, 0.15) is 35.6 Å². The molecule has 1 atom stereocenters. The third-order valence-corrected chi connectivity index (χ3v) is 5.04. The first-order chi connectivity index (χ1) is 12.6. The molecule has 27 heavy (non-hydrogen) atoms. The lowest BCUT2D eigenvalue weighted by atomic mass is 9.88. The monoisotopic (exact) mass is 393 g/mol. The normalized spacial score (nSPS) is 21.0. The Hall–Kier alpha value is -2.37. The third-order valence-electron chi connectivity index (χ3n) is 4.27. The molecule has 0 fully saturated rings. The zero-order valence-corrected chi connectivity index (χ0v) is 15.8. The zero-order valence-electron chi connectivity index (χ0n) is 15.0. The molecule has 0 amide bonds. The van der Waals surface area contributed by atoms with Gasteiger partial charge in [-0.25, -0.2) is 18.2 Å². The molecule has 0 bridgehead atoms. The van der Waals surface area contributed by atoms with E-state index in [1.54, 1.807) is 5.38 Å². The summed E-state index contributed by atoms with van der Waals surface area (Å²) in [7, 11) is 0. The molecule has 1 aliphatic heterocycles. The van der Waals surface area contributed by atoms with Crippen molar-refractivity contribution in [3.05, 3.63) is 51.2 Å². The zero-order chi connectivity index (χ0) is 19.8. The van der Waals surface area contributed by atoms with Crippen LogP contribution in [0.1, 0.15) is 41.7 Å². The Morgan fingerprint density at radius 1 is 1.30 bits per heavy atom. The van der Waals surface area contributed by atoms with Crippen molar-refractivity contribution in [2.75, 3.05) is 6.61 Å². The van der Waals surface area contributed by atoms with E-state index in [2.05, 4.69) is 21.8 Å². The van der Waals surface area contributed by atoms with Gasteiger partial charge in [0.25, 0.3) is 0 Å². The Balaban J connectivity index is 2.05. The lowest BCUT2D eigenvalue weighted by Gasteiger charge is -2.35. The van der Waals surface area contributed by atoms with Crippen LogP contribution >= 0.6 is 11.3 Å². The summed E-state index contributed by atoms with van der Waals surface area (Å²) in [5.41, 5.74) is 4.47. The molecule has 1 unspecified atom stereocenters. The second-order valence-corrected chi connectivity index (χ2v) is 7.75. The number of hydrogen-bond donors (Lipinski definition) is 1. The summed E-state index contributed by atoms with van der Waals surface area (Å²) in [6.07, 6.45) is 0. The highest BCUT2D eigenvalue weighted by Gasteiger charge is 2.56. The average molecular weight is 393 g/mol. The van der Waals surface area contributed by atoms with Crippen molar-refractivity contribution < 1.29 is 17.9 Å². The van der Waals surface area contributed by atoms with E-state index in [0.29, 0.717) is 11.3 Å². The van der Waals surface area contributed by atoms with Crippen LogP contribution in [0, 0.1) is 24.6 Å². The second kappa shape index (κ2) is 6.98. The van der Waals surface area contributed by atoms with Crippen molar-refractivity contribution in [1.82, 2.24) is 4.98 Å². The van der Waals surface area contributed by atoms with Gasteiger partial charge in [-0.15, -0.1) is 11.3 Å². The molecule has 2 heterocycles. The quantitative estimate of drug-likeness (QED) is 0.749. The number of aryl methyl sites for hydroxylation is 1. The molecule has 4 nitrogen and oxygen atoms in total. The van der Waals surface area contributed by atoms with Crippen LogP contribution < -0.4 is 5.73 Å². The van der Waals surface area contributed by atoms with E-state index in [1.807, 2.05) is 6.92 Å². The summed E-state index contributed by atoms with van der Waals surface area (Å²) in [6.45, 7) is 4.08. The lowest BCUT2D eigenvalue weighted by Crippen LogP contribution is -2.48. The Bertz CT molecular complexity index is 957. The van der Waals surface area contributed by atoms with Gasteiger partial charge in [0.15, 0.2) is 0 Å². The minimum atomic E-state index is -3.48. The number of aliphatic imine (C=N–C) groups is 1. The SMILES string of the molecule is Cc1nc(C#Cc2ccc(F)c(C3N=C(N)COC(C)(C)C3(F)F)c2)cs1. The van der Waals surface area contributed by atoms with Crippen molar-refractivity contribution in [1.29, 1.82) is 0 Å². The smallest absolute Gasteiger partial charge is 0.301 e. The van der Waals surface area contributed by atoms with Gasteiger partial charge < -0.3 is 10.5 Å². The van der Waals surface area contributed by atoms with Crippen molar-refractivity contribution >= 4 is 17.2 Å². The molecule has 8 heteroatoms. The first-order valence-corrected chi connectivity index (χ1v) is 9.05. The van der Waals surface area contributed by atoms with Crippen LogP contribution in [-0.2, 0) is 4.74 Å². The molecule has 3 rings (SSSR count). The fraction of sp³-hybridized carbons (Fsp3) is 0.368. The molecule has 2 N–H and O–H groups in total. The highest BCUT2D eigenvalue weighted by molar-refractivity contribution is 7.09. The number of thiazole rings is 1. The fourth-order valence-electron chi connectivity index (χ4n) is 2.62. The molecule has 0 radical (unpaired) electrons. The number of halogens is 3. The van der Waals surface area contributed by atoms with Gasteiger partial charge in [-0.2, -0.15) is 0 Å². The predicted molar refractivity (Wildman–Crippen MR) is 98.6 cm³/mol. The second-order valence-electron chi connectivity index (χ2n) is 6.68. The van der Waals surface area contributed by atoms with Crippen molar-refractivity contribution in [2.24, 2.45) is 10.7 Å². The standard InChI is InChI=1S/C19H18F3N3OS/c1-11-24-13(10-27-11)6-4-12-5-7-15(20)14(8-12)17-19(21,22)18(2,3)26-9-16(23)25-17/h5,7-8,10,17H,9H2,1-3H3,(H2,23,25). The Morgan fingerprint density at radius 3 is 2.70 bits per heavy atom. The molecule has 0 saturated heterocycles. The van der Waals surface area contributed by atoms with E-state index in [4.69, 9.17) is 10.5 Å². The molecular formula is C19H18F3N3OS. The number of amidine groups is 1. The molecule has 1 aromatic heterocycles. The van der Waals surface area contributed by atoms with Crippen LogP contribution in [-0.4, -0.2) is 29.0 Å². The number of ether oxygens (including phenoxy) is 1. The lowest BCUT2D eigenvalue weighted by molar-refractivity contribution is -0.191. The van der Waals surface area contributed by atoms with Crippen LogP contribution in [0.5, 0.6) is 0 Å². The van der Waals surface area contributed by atoms with Crippen molar-refractivity contribution in [3.8, 4) is 11.8 Å². The molecule has 142 valence electrons. The minimum absolute atomic E-state index is 0.112. The number of benzene rings is 1. The van der Waals surface area contributed by atoms with Gasteiger partial charge in [-0.1, -0.05) is 5.92 Å². The fourth-order valence-corrected chi connectivity index (χ4v) is 3.16. The largest absolute Gasteiger partial charge is 0.386 e. The molecule has 2 aromatic rings.